The van der Waals surface area contributed by atoms with E-state index < -0.39 is 16.9 Å². The van der Waals surface area contributed by atoms with Crippen LogP contribution in [0.1, 0.15) is 79.1 Å². The molecule has 1 aliphatic heterocycles. The molecule has 3 N–H and O–H groups in total. The summed E-state index contributed by atoms with van der Waals surface area (Å²) in [5.41, 5.74) is 3.86. The number of nitriles is 1. The van der Waals surface area contributed by atoms with Crippen molar-refractivity contribution in [1.82, 2.24) is 10.2 Å². The number of primary amides is 1. The minimum Gasteiger partial charge on any atom is -0.369 e. The number of nitrogens with one attached hydrogen (secondary N) is 1. The van der Waals surface area contributed by atoms with Crippen LogP contribution in [0, 0.1) is 16.7 Å². The van der Waals surface area contributed by atoms with Gasteiger partial charge in [-0.1, -0.05) is 40.5 Å². The molecule has 0 spiro atoms. The van der Waals surface area contributed by atoms with Crippen LogP contribution < -0.4 is 11.1 Å². The summed E-state index contributed by atoms with van der Waals surface area (Å²) in [6.07, 6.45) is 6.33. The number of rotatable bonds is 10. The Bertz CT molecular complexity index is 526. The lowest BCUT2D eigenvalue weighted by atomic mass is 9.81. The van der Waals surface area contributed by atoms with E-state index in [0.29, 0.717) is 25.3 Å². The molecule has 1 rings (SSSR count). The van der Waals surface area contributed by atoms with Crippen LogP contribution in [0.3, 0.4) is 0 Å². The third-order valence-electron chi connectivity index (χ3n) is 5.56. The number of carbonyl (C=O) groups excluding carboxylic acids is 2. The highest BCUT2D eigenvalue weighted by Gasteiger charge is 2.41. The Labute approximate surface area is 158 Å². The second-order valence-electron chi connectivity index (χ2n) is 8.28. The van der Waals surface area contributed by atoms with Gasteiger partial charge < -0.3 is 16.0 Å². The number of unbranched alkanes of at least 4 members (excludes halogenated alkanes) is 1. The fraction of sp³-hybridized carbons (Fsp3) is 0.850. The summed E-state index contributed by atoms with van der Waals surface area (Å²) < 4.78 is 0. The van der Waals surface area contributed by atoms with Gasteiger partial charge in [-0.05, 0) is 38.6 Å². The molecule has 6 heteroatoms. The SMILES string of the molecule is CCCCC1CC(C#N)(NC(=O)CCC(C)(C)C(N)=O)CCN1CCC. The number of nitrogens with zero attached hydrogens (tertiary/aromatic N) is 2. The van der Waals surface area contributed by atoms with E-state index in [1.165, 1.54) is 0 Å². The molecule has 148 valence electrons. The molecule has 1 saturated heterocycles. The van der Waals surface area contributed by atoms with Crippen molar-refractivity contribution >= 4 is 11.8 Å². The van der Waals surface area contributed by atoms with Gasteiger partial charge in [-0.15, -0.1) is 0 Å². The molecule has 0 aliphatic carbocycles. The first kappa shape index (κ1) is 22.4. The predicted octanol–water partition coefficient (Wildman–Crippen LogP) is 2.72. The van der Waals surface area contributed by atoms with E-state index in [0.717, 1.165) is 38.8 Å². The third kappa shape index (κ3) is 6.28. The van der Waals surface area contributed by atoms with Crippen LogP contribution in [0.4, 0.5) is 0 Å². The van der Waals surface area contributed by atoms with Gasteiger partial charge in [0.1, 0.15) is 5.54 Å². The number of piperidine rings is 1. The van der Waals surface area contributed by atoms with Crippen LogP contribution in [0.15, 0.2) is 0 Å². The van der Waals surface area contributed by atoms with E-state index in [1.807, 2.05) is 0 Å². The van der Waals surface area contributed by atoms with Gasteiger partial charge in [-0.25, -0.2) is 0 Å². The monoisotopic (exact) mass is 364 g/mol. The summed E-state index contributed by atoms with van der Waals surface area (Å²) >= 11 is 0. The number of amides is 2. The highest BCUT2D eigenvalue weighted by Crippen LogP contribution is 2.30. The maximum atomic E-state index is 12.4. The quantitative estimate of drug-likeness (QED) is 0.622. The summed E-state index contributed by atoms with van der Waals surface area (Å²) in [5.74, 6) is -0.577. The molecule has 1 fully saturated rings. The molecule has 1 heterocycles. The van der Waals surface area contributed by atoms with Crippen molar-refractivity contribution in [3.8, 4) is 6.07 Å². The van der Waals surface area contributed by atoms with Gasteiger partial charge in [-0.3, -0.25) is 9.59 Å². The summed E-state index contributed by atoms with van der Waals surface area (Å²) in [5, 5.41) is 12.8. The van der Waals surface area contributed by atoms with Gasteiger partial charge in [0.15, 0.2) is 0 Å². The van der Waals surface area contributed by atoms with Gasteiger partial charge in [0, 0.05) is 24.4 Å². The van der Waals surface area contributed by atoms with E-state index >= 15 is 0 Å². The molecule has 0 aromatic rings. The number of carbonyl (C=O) groups is 2. The van der Waals surface area contributed by atoms with Gasteiger partial charge in [0.05, 0.1) is 6.07 Å². The largest absolute Gasteiger partial charge is 0.369 e. The zero-order valence-electron chi connectivity index (χ0n) is 16.9. The first-order chi connectivity index (χ1) is 12.2. The molecular weight excluding hydrogens is 328 g/mol. The lowest BCUT2D eigenvalue weighted by Crippen LogP contribution is -2.58. The first-order valence-electron chi connectivity index (χ1n) is 9.96. The van der Waals surface area contributed by atoms with Crippen molar-refractivity contribution in [2.75, 3.05) is 13.1 Å². The normalized spacial score (nSPS) is 24.0. The maximum absolute atomic E-state index is 12.4. The lowest BCUT2D eigenvalue weighted by molar-refractivity contribution is -0.127. The minimum absolute atomic E-state index is 0.168. The Balaban J connectivity index is 2.73. The Morgan fingerprint density at radius 3 is 2.58 bits per heavy atom. The maximum Gasteiger partial charge on any atom is 0.223 e. The average Bonchev–Trinajstić information content (AvgIpc) is 2.60. The van der Waals surface area contributed by atoms with Gasteiger partial charge in [-0.2, -0.15) is 5.26 Å². The van der Waals surface area contributed by atoms with Crippen LogP contribution in [-0.4, -0.2) is 41.4 Å². The highest BCUT2D eigenvalue weighted by atomic mass is 16.2. The van der Waals surface area contributed by atoms with E-state index in [1.54, 1.807) is 13.8 Å². The Morgan fingerprint density at radius 1 is 1.35 bits per heavy atom. The molecule has 0 aromatic heterocycles. The van der Waals surface area contributed by atoms with Crippen molar-refractivity contribution in [3.05, 3.63) is 0 Å². The van der Waals surface area contributed by atoms with Gasteiger partial charge in [0.2, 0.25) is 11.8 Å². The summed E-state index contributed by atoms with van der Waals surface area (Å²) in [6.45, 7) is 9.71. The Morgan fingerprint density at radius 2 is 2.04 bits per heavy atom. The van der Waals surface area contributed by atoms with E-state index in [-0.39, 0.29) is 12.3 Å². The van der Waals surface area contributed by atoms with Gasteiger partial charge >= 0.3 is 0 Å². The number of hydrogen-bond donors (Lipinski definition) is 2. The fourth-order valence-electron chi connectivity index (χ4n) is 3.58. The van der Waals surface area contributed by atoms with E-state index in [4.69, 9.17) is 5.73 Å². The zero-order chi connectivity index (χ0) is 19.8. The molecule has 0 saturated carbocycles. The van der Waals surface area contributed by atoms with E-state index in [9.17, 15) is 14.9 Å². The van der Waals surface area contributed by atoms with Crippen molar-refractivity contribution < 1.29 is 9.59 Å². The molecular formula is C20H36N4O2. The minimum atomic E-state index is -0.795. The number of hydrogen-bond acceptors (Lipinski definition) is 4. The summed E-state index contributed by atoms with van der Waals surface area (Å²) in [7, 11) is 0. The Hall–Kier alpha value is -1.61. The van der Waals surface area contributed by atoms with Gasteiger partial charge in [0.25, 0.3) is 0 Å². The number of likely N-dealkylation sites (tertiary alicyclic amines) is 1. The second kappa shape index (κ2) is 9.91. The van der Waals surface area contributed by atoms with Crippen LogP contribution in [-0.2, 0) is 9.59 Å². The van der Waals surface area contributed by atoms with Crippen LogP contribution >= 0.6 is 0 Å². The average molecular weight is 365 g/mol. The first-order valence-corrected chi connectivity index (χ1v) is 9.96. The fourth-order valence-corrected chi connectivity index (χ4v) is 3.58. The number of nitrogens with two attached hydrogens (primary N) is 1. The zero-order valence-corrected chi connectivity index (χ0v) is 16.9. The molecule has 6 nitrogen and oxygen atoms in total. The van der Waals surface area contributed by atoms with Crippen LogP contribution in [0.25, 0.3) is 0 Å². The van der Waals surface area contributed by atoms with Crippen LogP contribution in [0.2, 0.25) is 0 Å². The Kier molecular flexibility index (Phi) is 8.55. The molecule has 2 amide bonds. The van der Waals surface area contributed by atoms with Crippen molar-refractivity contribution in [2.45, 2.75) is 90.6 Å². The highest BCUT2D eigenvalue weighted by molar-refractivity contribution is 5.82. The predicted molar refractivity (Wildman–Crippen MR) is 103 cm³/mol. The summed E-state index contributed by atoms with van der Waals surface area (Å²) in [6, 6.07) is 2.73. The molecule has 2 atom stereocenters. The van der Waals surface area contributed by atoms with E-state index in [2.05, 4.69) is 30.1 Å². The molecule has 0 radical (unpaired) electrons. The standard InChI is InChI=1S/C20H36N4O2/c1-5-7-8-16-14-20(15-21,11-13-24(16)12-6-2)23-17(25)9-10-19(3,4)18(22)26/h16H,5-14H2,1-4H3,(H2,22,26)(H,23,25). The molecule has 2 unspecified atom stereocenters. The van der Waals surface area contributed by atoms with Crippen molar-refractivity contribution in [1.29, 1.82) is 5.26 Å². The van der Waals surface area contributed by atoms with Crippen molar-refractivity contribution in [2.24, 2.45) is 11.1 Å². The molecule has 1 aliphatic rings. The molecule has 26 heavy (non-hydrogen) atoms. The molecule has 0 aromatic carbocycles. The molecule has 0 bridgehead atoms. The second-order valence-corrected chi connectivity index (χ2v) is 8.28. The topological polar surface area (TPSA) is 99.2 Å². The smallest absolute Gasteiger partial charge is 0.223 e. The summed E-state index contributed by atoms with van der Waals surface area (Å²) in [4.78, 5) is 26.3. The lowest BCUT2D eigenvalue weighted by Gasteiger charge is -2.44. The van der Waals surface area contributed by atoms with Crippen LogP contribution in [0.5, 0.6) is 0 Å². The van der Waals surface area contributed by atoms with Crippen molar-refractivity contribution in [3.63, 3.8) is 0 Å². The third-order valence-corrected chi connectivity index (χ3v) is 5.56.